The van der Waals surface area contributed by atoms with E-state index in [-0.39, 0.29) is 42.0 Å². The van der Waals surface area contributed by atoms with Crippen molar-refractivity contribution in [1.82, 2.24) is 4.90 Å². The van der Waals surface area contributed by atoms with Crippen molar-refractivity contribution < 1.29 is 37.4 Å². The molecule has 0 bridgehead atoms. The molecule has 0 aromatic heterocycles. The van der Waals surface area contributed by atoms with E-state index in [1.165, 1.54) is 14.0 Å². The Morgan fingerprint density at radius 2 is 1.62 bits per heavy atom. The summed E-state index contributed by atoms with van der Waals surface area (Å²) in [4.78, 5) is 42.3. The number of esters is 1. The van der Waals surface area contributed by atoms with Crippen LogP contribution in [-0.4, -0.2) is 57.8 Å². The maximum Gasteiger partial charge on any atom is 0.401 e. The number of ether oxygens (including phenoxy) is 1. The molecule has 0 spiro atoms. The third-order valence-corrected chi connectivity index (χ3v) is 10.4. The highest BCUT2D eigenvalue weighted by atomic mass is 32.2. The number of halogens is 3. The van der Waals surface area contributed by atoms with Crippen molar-refractivity contribution in [3.8, 4) is 0 Å². The van der Waals surface area contributed by atoms with Crippen LogP contribution in [0.3, 0.4) is 0 Å². The van der Waals surface area contributed by atoms with E-state index in [1.807, 2.05) is 0 Å². The van der Waals surface area contributed by atoms with Crippen molar-refractivity contribution in [3.63, 3.8) is 0 Å². The van der Waals surface area contributed by atoms with Crippen LogP contribution in [-0.2, 0) is 19.1 Å². The molecule has 0 aromatic carbocycles. The Morgan fingerprint density at radius 3 is 2.11 bits per heavy atom. The fourth-order valence-corrected chi connectivity index (χ4v) is 7.93. The molecule has 4 aliphatic rings. The van der Waals surface area contributed by atoms with Crippen molar-refractivity contribution in [2.75, 3.05) is 7.11 Å². The number of thioether (sulfide) groups is 1. The topological polar surface area (TPSA) is 83.9 Å². The summed E-state index contributed by atoms with van der Waals surface area (Å²) in [7, 11) is 1.19. The van der Waals surface area contributed by atoms with Crippen LogP contribution in [0.2, 0.25) is 0 Å². The molecule has 1 atom stereocenters. The number of amides is 1. The molecule has 1 heterocycles. The van der Waals surface area contributed by atoms with Crippen molar-refractivity contribution in [2.24, 2.45) is 17.3 Å². The highest BCUT2D eigenvalue weighted by Gasteiger charge is 2.67. The minimum absolute atomic E-state index is 0.0543. The van der Waals surface area contributed by atoms with Gasteiger partial charge in [-0.25, -0.2) is 4.79 Å². The zero-order valence-corrected chi connectivity index (χ0v) is 22.7. The first kappa shape index (κ1) is 28.5. The summed E-state index contributed by atoms with van der Waals surface area (Å²) in [6, 6.07) is -0.289. The van der Waals surface area contributed by atoms with Gasteiger partial charge in [-0.2, -0.15) is 13.2 Å². The zero-order valence-electron chi connectivity index (χ0n) is 21.9. The maximum absolute atomic E-state index is 14.1. The van der Waals surface area contributed by atoms with Crippen LogP contribution in [0.15, 0.2) is 10.6 Å². The van der Waals surface area contributed by atoms with Crippen molar-refractivity contribution in [2.45, 2.75) is 114 Å². The number of nitrogens with zero attached hydrogens (tertiary/aromatic N) is 1. The van der Waals surface area contributed by atoms with E-state index in [0.29, 0.717) is 56.6 Å². The minimum Gasteiger partial charge on any atom is -0.465 e. The molecule has 1 aliphatic heterocycles. The number of hydrogen-bond acceptors (Lipinski definition) is 6. The Kier molecular flexibility index (Phi) is 8.11. The summed E-state index contributed by atoms with van der Waals surface area (Å²) < 4.78 is 45.8. The van der Waals surface area contributed by atoms with Gasteiger partial charge in [0.05, 0.1) is 18.0 Å². The zero-order chi connectivity index (χ0) is 27.2. The molecule has 0 saturated heterocycles. The highest BCUT2D eigenvalue weighted by Crippen LogP contribution is 2.60. The van der Waals surface area contributed by atoms with E-state index in [2.05, 4.69) is 6.92 Å². The first-order valence-corrected chi connectivity index (χ1v) is 14.3. The molecule has 0 aromatic rings. The van der Waals surface area contributed by atoms with Crippen LogP contribution in [0.5, 0.6) is 0 Å². The largest absolute Gasteiger partial charge is 0.465 e. The van der Waals surface area contributed by atoms with Gasteiger partial charge in [0.2, 0.25) is 5.91 Å². The fraction of sp³-hybridized carbons (Fsp3) is 0.815. The molecule has 3 fully saturated rings. The lowest BCUT2D eigenvalue weighted by Crippen LogP contribution is -2.56. The number of aliphatic hydroxyl groups excluding tert-OH is 1. The van der Waals surface area contributed by atoms with Crippen LogP contribution in [0.25, 0.3) is 0 Å². The van der Waals surface area contributed by atoms with Crippen LogP contribution in [0.4, 0.5) is 13.2 Å². The van der Waals surface area contributed by atoms with Gasteiger partial charge in [-0.3, -0.25) is 9.59 Å². The summed E-state index contributed by atoms with van der Waals surface area (Å²) >= 11 is 0.824. The number of ketones is 1. The normalized spacial score (nSPS) is 34.0. The number of Topliss-reactive ketones (excluding diaryl/α,β-unsaturated/α-hetero) is 1. The molecule has 37 heavy (non-hydrogen) atoms. The van der Waals surface area contributed by atoms with Crippen LogP contribution in [0.1, 0.15) is 90.9 Å². The summed E-state index contributed by atoms with van der Waals surface area (Å²) in [5, 5.41) is 10.1. The second-order valence-electron chi connectivity index (χ2n) is 11.7. The Hall–Kier alpha value is -1.55. The van der Waals surface area contributed by atoms with E-state index in [4.69, 9.17) is 4.74 Å². The third-order valence-electron chi connectivity index (χ3n) is 9.05. The Balaban J connectivity index is 1.71. The van der Waals surface area contributed by atoms with Gasteiger partial charge in [-0.15, -0.1) is 11.8 Å². The number of allylic oxidation sites excluding steroid dienone is 1. The SMILES string of the molecule is COC(=O)C1=C(N(C(=O)C2CCC(C)CC2)C2CCC(O)CC2)CC(C)(C(=O)C2(C(F)(F)F)CCC2)S1. The van der Waals surface area contributed by atoms with Crippen molar-refractivity contribution in [1.29, 1.82) is 0 Å². The number of methoxy groups -OCH3 is 1. The van der Waals surface area contributed by atoms with Crippen LogP contribution in [0, 0.1) is 17.3 Å². The molecular weight excluding hydrogens is 507 g/mol. The summed E-state index contributed by atoms with van der Waals surface area (Å²) in [6.45, 7) is 3.62. The first-order valence-electron chi connectivity index (χ1n) is 13.5. The molecule has 1 N–H and O–H groups in total. The molecule has 1 unspecified atom stereocenters. The second-order valence-corrected chi connectivity index (χ2v) is 13.2. The lowest BCUT2D eigenvalue weighted by molar-refractivity contribution is -0.243. The Labute approximate surface area is 220 Å². The van der Waals surface area contributed by atoms with E-state index < -0.39 is 34.2 Å². The minimum atomic E-state index is -4.67. The molecule has 3 saturated carbocycles. The number of alkyl halides is 3. The molecule has 10 heteroatoms. The number of carbonyl (C=O) groups excluding carboxylic acids is 3. The molecule has 208 valence electrons. The summed E-state index contributed by atoms with van der Waals surface area (Å²) in [6.07, 6.45) is -0.152. The van der Waals surface area contributed by atoms with E-state index >= 15 is 0 Å². The van der Waals surface area contributed by atoms with Gasteiger partial charge in [0.25, 0.3) is 0 Å². The summed E-state index contributed by atoms with van der Waals surface area (Å²) in [5.41, 5.74) is -2.09. The number of carbonyl (C=O) groups is 3. The molecule has 6 nitrogen and oxygen atoms in total. The third kappa shape index (κ3) is 5.21. The molecule has 1 amide bonds. The van der Waals surface area contributed by atoms with Crippen molar-refractivity contribution >= 4 is 29.4 Å². The van der Waals surface area contributed by atoms with Gasteiger partial charge in [0.15, 0.2) is 5.78 Å². The lowest BCUT2D eigenvalue weighted by Gasteiger charge is -2.45. The van der Waals surface area contributed by atoms with E-state index in [9.17, 15) is 32.7 Å². The highest BCUT2D eigenvalue weighted by molar-refractivity contribution is 8.06. The van der Waals surface area contributed by atoms with Gasteiger partial charge >= 0.3 is 12.1 Å². The van der Waals surface area contributed by atoms with Gasteiger partial charge in [-0.05, 0) is 77.0 Å². The lowest BCUT2D eigenvalue weighted by atomic mass is 9.62. The van der Waals surface area contributed by atoms with Gasteiger partial charge in [0.1, 0.15) is 10.3 Å². The molecule has 3 aliphatic carbocycles. The number of hydrogen-bond donors (Lipinski definition) is 1. The van der Waals surface area contributed by atoms with Gasteiger partial charge in [-0.1, -0.05) is 13.3 Å². The molecular formula is C27H38F3NO5S. The number of rotatable bonds is 6. The predicted octanol–water partition coefficient (Wildman–Crippen LogP) is 5.53. The molecule has 4 rings (SSSR count). The van der Waals surface area contributed by atoms with Crippen molar-refractivity contribution in [3.05, 3.63) is 10.6 Å². The Bertz CT molecular complexity index is 946. The fourth-order valence-electron chi connectivity index (χ4n) is 6.52. The first-order chi connectivity index (χ1) is 17.3. The second kappa shape index (κ2) is 10.5. The predicted molar refractivity (Wildman–Crippen MR) is 133 cm³/mol. The standard InChI is InChI=1S/C27H38F3NO5S/c1-16-5-7-17(8-6-16)22(33)31(18-9-11-19(32)12-10-18)20-15-25(2,37-21(20)23(34)36-3)24(35)26(13-4-14-26)27(28,29)30/h16-19,32H,4-15H2,1-3H3. The van der Waals surface area contributed by atoms with Gasteiger partial charge < -0.3 is 14.7 Å². The van der Waals surface area contributed by atoms with E-state index in [1.54, 1.807) is 4.90 Å². The average Bonchev–Trinajstić information content (AvgIpc) is 3.17. The summed E-state index contributed by atoms with van der Waals surface area (Å²) in [5.74, 6) is -1.50. The smallest absolute Gasteiger partial charge is 0.401 e. The van der Waals surface area contributed by atoms with Gasteiger partial charge in [0, 0.05) is 24.1 Å². The average molecular weight is 546 g/mol. The van der Waals surface area contributed by atoms with E-state index in [0.717, 1.165) is 24.6 Å². The maximum atomic E-state index is 14.1. The van der Waals surface area contributed by atoms with Crippen LogP contribution >= 0.6 is 11.8 Å². The molecule has 0 radical (unpaired) electrons. The van der Waals surface area contributed by atoms with Crippen LogP contribution < -0.4 is 0 Å². The number of aliphatic hydroxyl groups is 1. The quantitative estimate of drug-likeness (QED) is 0.442. The Morgan fingerprint density at radius 1 is 1.03 bits per heavy atom. The monoisotopic (exact) mass is 545 g/mol.